The number of hydrogen-bond donors (Lipinski definition) is 4. The first-order valence-corrected chi connectivity index (χ1v) is 13.8. The van der Waals surface area contributed by atoms with Crippen LogP contribution in [0, 0.1) is 0 Å². The van der Waals surface area contributed by atoms with Crippen LogP contribution in [0.3, 0.4) is 0 Å². The smallest absolute Gasteiger partial charge is 0.408 e. The number of hydrogen-bond acceptors (Lipinski definition) is 8. The molecule has 11 heteroatoms. The molecule has 0 bridgehead atoms. The third-order valence-corrected chi connectivity index (χ3v) is 6.00. The molecule has 0 heterocycles. The highest BCUT2D eigenvalue weighted by Crippen LogP contribution is 2.34. The fraction of sp³-hybridized carbons (Fsp3) is 0.484. The summed E-state index contributed by atoms with van der Waals surface area (Å²) in [6.45, 7) is 12.1. The van der Waals surface area contributed by atoms with Gasteiger partial charge in [0.25, 0.3) is 0 Å². The second-order valence-electron chi connectivity index (χ2n) is 11.8. The van der Waals surface area contributed by atoms with Gasteiger partial charge >= 0.3 is 12.1 Å². The lowest BCUT2D eigenvalue weighted by molar-refractivity contribution is -0.149. The van der Waals surface area contributed by atoms with Crippen LogP contribution < -0.4 is 10.6 Å². The number of carbonyl (C=O) groups is 4. The molecule has 3 amide bonds. The van der Waals surface area contributed by atoms with Crippen molar-refractivity contribution in [3.8, 4) is 11.5 Å². The van der Waals surface area contributed by atoms with Crippen molar-refractivity contribution in [1.82, 2.24) is 15.5 Å². The van der Waals surface area contributed by atoms with Crippen molar-refractivity contribution in [3.63, 3.8) is 0 Å². The maximum atomic E-state index is 14.4. The van der Waals surface area contributed by atoms with E-state index in [4.69, 9.17) is 9.47 Å². The fourth-order valence-corrected chi connectivity index (χ4v) is 4.26. The first kappa shape index (κ1) is 33.9. The molecule has 42 heavy (non-hydrogen) atoms. The number of nitrogens with one attached hydrogen (secondary N) is 2. The van der Waals surface area contributed by atoms with Gasteiger partial charge in [-0.2, -0.15) is 0 Å². The molecule has 0 radical (unpaired) electrons. The number of carbonyl (C=O) groups excluding carboxylic acids is 4. The number of alkyl carbamates (subject to hydrolysis) is 1. The number of para-hydroxylation sites is 1. The minimum atomic E-state index is -1.33. The monoisotopic (exact) mass is 585 g/mol. The van der Waals surface area contributed by atoms with Crippen LogP contribution in [0.4, 0.5) is 4.79 Å². The molecular weight excluding hydrogens is 542 g/mol. The van der Waals surface area contributed by atoms with E-state index in [1.165, 1.54) is 29.2 Å². The molecule has 2 unspecified atom stereocenters. The standard InChI is InChI=1S/C31H43N3O8/c1-8-41-25(37)17-18-32-27(38)26(22-11-9-10-12-24(22)36)34(30(2,3)4)28(39)23(33-29(40)42-31(5,6)7)19-20-13-15-21(35)16-14-20/h9-16,23,26,35-36H,8,17-19H2,1-7H3,(H,32,38)(H,33,40). The molecule has 0 aliphatic heterocycles. The molecule has 2 aromatic carbocycles. The SMILES string of the molecule is CCOC(=O)CCNC(=O)C(c1ccccc1O)N(C(=O)C(Cc1ccc(O)cc1)NC(=O)OC(C)(C)C)C(C)(C)C. The van der Waals surface area contributed by atoms with Gasteiger partial charge in [-0.1, -0.05) is 30.3 Å². The molecule has 0 aliphatic carbocycles. The summed E-state index contributed by atoms with van der Waals surface area (Å²) < 4.78 is 10.4. The molecule has 0 aliphatic rings. The van der Waals surface area contributed by atoms with Gasteiger partial charge in [-0.3, -0.25) is 14.4 Å². The maximum absolute atomic E-state index is 14.4. The summed E-state index contributed by atoms with van der Waals surface area (Å²) in [6, 6.07) is 9.82. The zero-order chi connectivity index (χ0) is 31.7. The van der Waals surface area contributed by atoms with E-state index in [1.807, 2.05) is 0 Å². The van der Waals surface area contributed by atoms with Crippen molar-refractivity contribution in [2.45, 2.75) is 84.5 Å². The van der Waals surface area contributed by atoms with Crippen molar-refractivity contribution in [3.05, 3.63) is 59.7 Å². The normalized spacial score (nSPS) is 12.9. The van der Waals surface area contributed by atoms with Gasteiger partial charge in [-0.25, -0.2) is 4.79 Å². The van der Waals surface area contributed by atoms with Gasteiger partial charge in [0.05, 0.1) is 13.0 Å². The Hall–Kier alpha value is -4.28. The average Bonchev–Trinajstić information content (AvgIpc) is 2.86. The molecule has 4 N–H and O–H groups in total. The number of rotatable bonds is 11. The summed E-state index contributed by atoms with van der Waals surface area (Å²) >= 11 is 0. The Morgan fingerprint density at radius 3 is 2.10 bits per heavy atom. The van der Waals surface area contributed by atoms with Gasteiger partial charge < -0.3 is 35.2 Å². The molecular formula is C31H43N3O8. The van der Waals surface area contributed by atoms with Crippen molar-refractivity contribution in [2.75, 3.05) is 13.2 Å². The molecule has 2 aromatic rings. The van der Waals surface area contributed by atoms with Gasteiger partial charge in [0.1, 0.15) is 29.2 Å². The number of aromatic hydroxyl groups is 2. The van der Waals surface area contributed by atoms with E-state index in [0.29, 0.717) is 5.56 Å². The van der Waals surface area contributed by atoms with Crippen LogP contribution in [0.15, 0.2) is 48.5 Å². The van der Waals surface area contributed by atoms with Gasteiger partial charge in [0, 0.05) is 24.1 Å². The van der Waals surface area contributed by atoms with Crippen LogP contribution in [0.1, 0.15) is 72.1 Å². The number of amides is 3. The van der Waals surface area contributed by atoms with Crippen molar-refractivity contribution < 1.29 is 38.9 Å². The summed E-state index contributed by atoms with van der Waals surface area (Å²) in [5.41, 5.74) is -1.04. The molecule has 11 nitrogen and oxygen atoms in total. The number of nitrogens with zero attached hydrogens (tertiary/aromatic N) is 1. The third-order valence-electron chi connectivity index (χ3n) is 6.00. The Kier molecular flexibility index (Phi) is 11.8. The zero-order valence-electron chi connectivity index (χ0n) is 25.4. The van der Waals surface area contributed by atoms with E-state index in [1.54, 1.807) is 72.7 Å². The van der Waals surface area contributed by atoms with Gasteiger partial charge in [-0.15, -0.1) is 0 Å². The van der Waals surface area contributed by atoms with Crippen LogP contribution in [-0.4, -0.2) is 69.3 Å². The van der Waals surface area contributed by atoms with Crippen LogP contribution in [-0.2, 0) is 30.3 Å². The topological polar surface area (TPSA) is 154 Å². The van der Waals surface area contributed by atoms with Crippen LogP contribution in [0.25, 0.3) is 0 Å². The average molecular weight is 586 g/mol. The maximum Gasteiger partial charge on any atom is 0.408 e. The molecule has 0 fully saturated rings. The summed E-state index contributed by atoms with van der Waals surface area (Å²) in [6.07, 6.45) is -0.894. The first-order valence-electron chi connectivity index (χ1n) is 13.8. The Balaban J connectivity index is 2.56. The lowest BCUT2D eigenvalue weighted by Gasteiger charge is -2.43. The molecule has 2 rings (SSSR count). The molecule has 0 saturated carbocycles. The highest BCUT2D eigenvalue weighted by Gasteiger charge is 2.42. The van der Waals surface area contributed by atoms with Crippen LogP contribution in [0.5, 0.6) is 11.5 Å². The second-order valence-corrected chi connectivity index (χ2v) is 11.8. The number of ether oxygens (including phenoxy) is 2. The lowest BCUT2D eigenvalue weighted by Crippen LogP contribution is -2.59. The van der Waals surface area contributed by atoms with Gasteiger partial charge in [-0.05, 0) is 72.2 Å². The minimum Gasteiger partial charge on any atom is -0.508 e. The molecule has 0 spiro atoms. The third kappa shape index (κ3) is 10.3. The molecule has 0 aromatic heterocycles. The van der Waals surface area contributed by atoms with E-state index in [-0.39, 0.29) is 43.1 Å². The largest absolute Gasteiger partial charge is 0.508 e. The summed E-state index contributed by atoms with van der Waals surface area (Å²) in [5, 5.41) is 25.8. The van der Waals surface area contributed by atoms with E-state index < -0.39 is 47.1 Å². The van der Waals surface area contributed by atoms with Crippen molar-refractivity contribution in [1.29, 1.82) is 0 Å². The predicted molar refractivity (Wildman–Crippen MR) is 157 cm³/mol. The minimum absolute atomic E-state index is 0.0168. The Bertz CT molecular complexity index is 1230. The van der Waals surface area contributed by atoms with Gasteiger partial charge in [0.15, 0.2) is 0 Å². The Morgan fingerprint density at radius 2 is 1.55 bits per heavy atom. The predicted octanol–water partition coefficient (Wildman–Crippen LogP) is 3.97. The van der Waals surface area contributed by atoms with E-state index in [9.17, 15) is 29.4 Å². The zero-order valence-corrected chi connectivity index (χ0v) is 25.4. The lowest BCUT2D eigenvalue weighted by atomic mass is 9.93. The fourth-order valence-electron chi connectivity index (χ4n) is 4.26. The van der Waals surface area contributed by atoms with Gasteiger partial charge in [0.2, 0.25) is 11.8 Å². The Labute approximate surface area is 247 Å². The van der Waals surface area contributed by atoms with E-state index in [2.05, 4.69) is 10.6 Å². The van der Waals surface area contributed by atoms with Crippen LogP contribution in [0.2, 0.25) is 0 Å². The Morgan fingerprint density at radius 1 is 0.929 bits per heavy atom. The highest BCUT2D eigenvalue weighted by atomic mass is 16.6. The number of esters is 1. The molecule has 0 saturated heterocycles. The summed E-state index contributed by atoms with van der Waals surface area (Å²) in [7, 11) is 0. The van der Waals surface area contributed by atoms with Crippen LogP contribution >= 0.6 is 0 Å². The summed E-state index contributed by atoms with van der Waals surface area (Å²) in [5.74, 6) is -1.91. The van der Waals surface area contributed by atoms with E-state index >= 15 is 0 Å². The van der Waals surface area contributed by atoms with E-state index in [0.717, 1.165) is 0 Å². The van der Waals surface area contributed by atoms with Crippen molar-refractivity contribution >= 4 is 23.9 Å². The second kappa shape index (κ2) is 14.6. The number of benzene rings is 2. The highest BCUT2D eigenvalue weighted by molar-refractivity contribution is 5.93. The number of phenolic OH excluding ortho intramolecular Hbond substituents is 2. The first-order chi connectivity index (χ1) is 19.5. The summed E-state index contributed by atoms with van der Waals surface area (Å²) in [4.78, 5) is 54.2. The number of phenols is 2. The van der Waals surface area contributed by atoms with Crippen molar-refractivity contribution in [2.24, 2.45) is 0 Å². The quantitative estimate of drug-likeness (QED) is 0.289. The molecule has 2 atom stereocenters. The molecule has 230 valence electrons.